The zero-order chi connectivity index (χ0) is 15.4. The Morgan fingerprint density at radius 3 is 2.25 bits per heavy atom. The van der Waals surface area contributed by atoms with Gasteiger partial charge in [-0.25, -0.2) is 12.7 Å². The number of sulfonamides is 1. The highest BCUT2D eigenvalue weighted by Gasteiger charge is 2.24. The molecule has 0 aromatic heterocycles. The minimum Gasteiger partial charge on any atom is -0.384 e. The highest BCUT2D eigenvalue weighted by Crippen LogP contribution is 2.22. The summed E-state index contributed by atoms with van der Waals surface area (Å²) in [7, 11) is -0.436. The monoisotopic (exact) mass is 300 g/mol. The summed E-state index contributed by atoms with van der Waals surface area (Å²) in [6.07, 6.45) is 0.996. The first-order valence-electron chi connectivity index (χ1n) is 6.68. The molecule has 1 atom stereocenters. The third kappa shape index (κ3) is 4.02. The second-order valence-corrected chi connectivity index (χ2v) is 7.41. The Bertz CT molecular complexity index is 522. The van der Waals surface area contributed by atoms with Crippen LogP contribution in [0.2, 0.25) is 0 Å². The maximum atomic E-state index is 12.0. The minimum absolute atomic E-state index is 0.226. The molecule has 1 aromatic rings. The van der Waals surface area contributed by atoms with Gasteiger partial charge in [0.1, 0.15) is 0 Å². The van der Waals surface area contributed by atoms with E-state index in [-0.39, 0.29) is 4.90 Å². The van der Waals surface area contributed by atoms with Crippen LogP contribution in [0.5, 0.6) is 0 Å². The molecule has 0 saturated carbocycles. The van der Waals surface area contributed by atoms with E-state index in [1.807, 2.05) is 0 Å². The Morgan fingerprint density at radius 1 is 1.25 bits per heavy atom. The van der Waals surface area contributed by atoms with Gasteiger partial charge in [-0.05, 0) is 37.6 Å². The smallest absolute Gasteiger partial charge is 0.242 e. The molecule has 0 amide bonds. The highest BCUT2D eigenvalue weighted by molar-refractivity contribution is 7.89. The largest absolute Gasteiger partial charge is 0.384 e. The van der Waals surface area contributed by atoms with Gasteiger partial charge in [0.05, 0.1) is 10.5 Å². The van der Waals surface area contributed by atoms with Gasteiger partial charge >= 0.3 is 0 Å². The van der Waals surface area contributed by atoms with E-state index in [9.17, 15) is 13.5 Å². The van der Waals surface area contributed by atoms with Crippen molar-refractivity contribution in [2.45, 2.75) is 30.8 Å². The molecule has 5 nitrogen and oxygen atoms in total. The predicted octanol–water partition coefficient (Wildman–Crippen LogP) is 1.14. The van der Waals surface area contributed by atoms with Crippen LogP contribution >= 0.6 is 0 Å². The maximum Gasteiger partial charge on any atom is 0.242 e. The van der Waals surface area contributed by atoms with Gasteiger partial charge in [0.15, 0.2) is 0 Å². The molecule has 1 aromatic carbocycles. The fourth-order valence-corrected chi connectivity index (χ4v) is 2.71. The third-order valence-corrected chi connectivity index (χ3v) is 4.98. The van der Waals surface area contributed by atoms with Crippen molar-refractivity contribution in [3.63, 3.8) is 0 Å². The molecule has 0 heterocycles. The fraction of sp³-hybridized carbons (Fsp3) is 0.571. The van der Waals surface area contributed by atoms with Gasteiger partial charge in [-0.2, -0.15) is 0 Å². The Kier molecular flexibility index (Phi) is 5.70. The lowest BCUT2D eigenvalue weighted by atomic mass is 9.96. The van der Waals surface area contributed by atoms with Crippen LogP contribution in [-0.2, 0) is 15.6 Å². The molecule has 20 heavy (non-hydrogen) atoms. The van der Waals surface area contributed by atoms with Crippen molar-refractivity contribution < 1.29 is 13.5 Å². The summed E-state index contributed by atoms with van der Waals surface area (Å²) < 4.78 is 25.1. The van der Waals surface area contributed by atoms with E-state index >= 15 is 0 Å². The molecule has 1 unspecified atom stereocenters. The van der Waals surface area contributed by atoms with Gasteiger partial charge in [-0.15, -0.1) is 0 Å². The molecular weight excluding hydrogens is 276 g/mol. The van der Waals surface area contributed by atoms with Crippen molar-refractivity contribution >= 4 is 10.0 Å². The second kappa shape index (κ2) is 6.67. The van der Waals surface area contributed by atoms with E-state index in [4.69, 9.17) is 0 Å². The number of nitrogens with zero attached hydrogens (tertiary/aromatic N) is 1. The lowest BCUT2D eigenvalue weighted by molar-refractivity contribution is 0.0572. The number of rotatable bonds is 7. The number of aliphatic hydroxyl groups is 1. The van der Waals surface area contributed by atoms with Crippen LogP contribution < -0.4 is 5.32 Å². The summed E-state index contributed by atoms with van der Waals surface area (Å²) in [6.45, 7) is 5.04. The van der Waals surface area contributed by atoms with E-state index in [1.165, 1.54) is 30.5 Å². The summed E-state index contributed by atoms with van der Waals surface area (Å²) in [4.78, 5) is 0.226. The molecular formula is C14H24N2O3S. The van der Waals surface area contributed by atoms with Gasteiger partial charge in [0.2, 0.25) is 10.0 Å². The van der Waals surface area contributed by atoms with Crippen molar-refractivity contribution in [1.29, 1.82) is 0 Å². The van der Waals surface area contributed by atoms with E-state index in [1.54, 1.807) is 19.1 Å². The number of hydrogen-bond acceptors (Lipinski definition) is 4. The molecule has 6 heteroatoms. The van der Waals surface area contributed by atoms with Crippen LogP contribution in [0.25, 0.3) is 0 Å². The maximum absolute atomic E-state index is 12.0. The molecule has 0 aliphatic carbocycles. The average Bonchev–Trinajstić information content (AvgIpc) is 2.39. The molecule has 0 fully saturated rings. The van der Waals surface area contributed by atoms with Gasteiger partial charge < -0.3 is 10.4 Å². The molecule has 0 radical (unpaired) electrons. The average molecular weight is 300 g/mol. The standard InChI is InChI=1S/C14H24N2O3S/c1-5-10-15-11-14(2,17)12-6-8-13(9-7-12)20(18,19)16(3)4/h6-9,15,17H,5,10-11H2,1-4H3. The van der Waals surface area contributed by atoms with E-state index in [0.29, 0.717) is 12.1 Å². The van der Waals surface area contributed by atoms with Gasteiger partial charge in [-0.1, -0.05) is 19.1 Å². The Balaban J connectivity index is 2.91. The van der Waals surface area contributed by atoms with Crippen LogP contribution in [0.1, 0.15) is 25.8 Å². The molecule has 114 valence electrons. The van der Waals surface area contributed by atoms with Crippen LogP contribution in [0.4, 0.5) is 0 Å². The molecule has 0 aliphatic rings. The van der Waals surface area contributed by atoms with Gasteiger partial charge in [0.25, 0.3) is 0 Å². The van der Waals surface area contributed by atoms with E-state index in [0.717, 1.165) is 13.0 Å². The molecule has 2 N–H and O–H groups in total. The predicted molar refractivity (Wildman–Crippen MR) is 80.0 cm³/mol. The normalized spacial score (nSPS) is 15.3. The summed E-state index contributed by atoms with van der Waals surface area (Å²) in [6, 6.07) is 6.37. The second-order valence-electron chi connectivity index (χ2n) is 5.26. The third-order valence-electron chi connectivity index (χ3n) is 3.15. The van der Waals surface area contributed by atoms with Crippen molar-refractivity contribution in [2.24, 2.45) is 0 Å². The van der Waals surface area contributed by atoms with E-state index < -0.39 is 15.6 Å². The number of hydrogen-bond donors (Lipinski definition) is 2. The van der Waals surface area contributed by atoms with Gasteiger partial charge in [0, 0.05) is 20.6 Å². The Morgan fingerprint density at radius 2 is 1.80 bits per heavy atom. The lowest BCUT2D eigenvalue weighted by Gasteiger charge is -2.24. The van der Waals surface area contributed by atoms with Gasteiger partial charge in [-0.3, -0.25) is 0 Å². The highest BCUT2D eigenvalue weighted by atomic mass is 32.2. The number of nitrogens with one attached hydrogen (secondary N) is 1. The molecule has 0 bridgehead atoms. The summed E-state index contributed by atoms with van der Waals surface area (Å²) in [5, 5.41) is 13.6. The van der Waals surface area contributed by atoms with Crippen molar-refractivity contribution in [3.05, 3.63) is 29.8 Å². The van der Waals surface area contributed by atoms with Crippen molar-refractivity contribution in [1.82, 2.24) is 9.62 Å². The van der Waals surface area contributed by atoms with Crippen LogP contribution in [0, 0.1) is 0 Å². The van der Waals surface area contributed by atoms with E-state index in [2.05, 4.69) is 12.2 Å². The SMILES string of the molecule is CCCNCC(C)(O)c1ccc(S(=O)(=O)N(C)C)cc1. The van der Waals surface area contributed by atoms with Crippen molar-refractivity contribution in [3.8, 4) is 0 Å². The van der Waals surface area contributed by atoms with Crippen LogP contribution in [-0.4, -0.2) is 45.0 Å². The summed E-state index contributed by atoms with van der Waals surface area (Å²) >= 11 is 0. The minimum atomic E-state index is -3.42. The zero-order valence-electron chi connectivity index (χ0n) is 12.5. The van der Waals surface area contributed by atoms with Crippen LogP contribution in [0.3, 0.4) is 0 Å². The number of benzene rings is 1. The first-order chi connectivity index (χ1) is 9.21. The Labute approximate surface area is 121 Å². The van der Waals surface area contributed by atoms with Crippen molar-refractivity contribution in [2.75, 3.05) is 27.2 Å². The quantitative estimate of drug-likeness (QED) is 0.741. The lowest BCUT2D eigenvalue weighted by Crippen LogP contribution is -2.35. The molecule has 0 aliphatic heterocycles. The first kappa shape index (κ1) is 17.1. The molecule has 1 rings (SSSR count). The molecule has 0 saturated heterocycles. The zero-order valence-corrected chi connectivity index (χ0v) is 13.4. The van der Waals surface area contributed by atoms with Crippen LogP contribution in [0.15, 0.2) is 29.2 Å². The Hall–Kier alpha value is -0.950. The summed E-state index contributed by atoms with van der Waals surface area (Å²) in [5.41, 5.74) is -0.325. The first-order valence-corrected chi connectivity index (χ1v) is 8.12. The topological polar surface area (TPSA) is 69.6 Å². The summed E-state index contributed by atoms with van der Waals surface area (Å²) in [5.74, 6) is 0. The molecule has 0 spiro atoms. The fourth-order valence-electron chi connectivity index (χ4n) is 1.81.